The van der Waals surface area contributed by atoms with Crippen LogP contribution in [0.3, 0.4) is 0 Å². The molecule has 0 spiro atoms. The minimum Gasteiger partial charge on any atom is -0.451 e. The largest absolute Gasteiger partial charge is 0.451 e. The fourth-order valence-corrected chi connectivity index (χ4v) is 4.20. The van der Waals surface area contributed by atoms with Crippen molar-refractivity contribution in [2.75, 3.05) is 16.8 Å². The number of nitrogens with one attached hydrogen (secondary N) is 2. The minimum atomic E-state index is -0.545. The van der Waals surface area contributed by atoms with Crippen molar-refractivity contribution in [2.45, 2.75) is 32.2 Å². The number of hydrogen-bond donors (Lipinski definition) is 2. The van der Waals surface area contributed by atoms with Crippen molar-refractivity contribution in [1.82, 2.24) is 5.32 Å². The number of furan rings is 1. The van der Waals surface area contributed by atoms with Gasteiger partial charge in [-0.15, -0.1) is 0 Å². The molecular formula is C24H24N4O4S. The Labute approximate surface area is 196 Å². The van der Waals surface area contributed by atoms with Crippen LogP contribution in [0.4, 0.5) is 17.1 Å². The van der Waals surface area contributed by atoms with Crippen LogP contribution in [-0.4, -0.2) is 28.5 Å². The summed E-state index contributed by atoms with van der Waals surface area (Å²) in [7, 11) is 0. The second-order valence-corrected chi connectivity index (χ2v) is 8.34. The van der Waals surface area contributed by atoms with Gasteiger partial charge in [0, 0.05) is 30.0 Å². The van der Waals surface area contributed by atoms with Crippen molar-refractivity contribution >= 4 is 40.3 Å². The molecule has 0 aliphatic carbocycles. The molecule has 1 unspecified atom stereocenters. The van der Waals surface area contributed by atoms with Crippen molar-refractivity contribution in [3.63, 3.8) is 0 Å². The summed E-state index contributed by atoms with van der Waals surface area (Å²) in [6.07, 6.45) is 3.67. The van der Waals surface area contributed by atoms with E-state index in [1.165, 1.54) is 43.1 Å². The number of hydrogen-bond acceptors (Lipinski definition) is 6. The maximum Gasteiger partial charge on any atom is 0.293 e. The third kappa shape index (κ3) is 5.20. The van der Waals surface area contributed by atoms with Crippen LogP contribution in [0, 0.1) is 10.1 Å². The first-order valence-corrected chi connectivity index (χ1v) is 11.2. The number of para-hydroxylation sites is 1. The number of piperidine rings is 1. The number of anilines is 2. The Morgan fingerprint density at radius 3 is 2.61 bits per heavy atom. The normalized spacial score (nSPS) is 15.7. The fourth-order valence-electron chi connectivity index (χ4n) is 3.99. The van der Waals surface area contributed by atoms with E-state index in [0.717, 1.165) is 12.2 Å². The van der Waals surface area contributed by atoms with Gasteiger partial charge in [-0.2, -0.15) is 0 Å². The first-order valence-electron chi connectivity index (χ1n) is 10.7. The molecule has 0 bridgehead atoms. The molecule has 1 aliphatic rings. The Balaban J connectivity index is 1.38. The Kier molecular flexibility index (Phi) is 6.69. The molecule has 170 valence electrons. The molecule has 1 aromatic heterocycles. The molecule has 4 rings (SSSR count). The van der Waals surface area contributed by atoms with E-state index in [4.69, 9.17) is 16.6 Å². The van der Waals surface area contributed by atoms with E-state index < -0.39 is 10.8 Å². The molecule has 3 aromatic rings. The molecule has 1 fully saturated rings. The molecule has 8 nitrogen and oxygen atoms in total. The van der Waals surface area contributed by atoms with Gasteiger partial charge in [0.2, 0.25) is 0 Å². The summed E-state index contributed by atoms with van der Waals surface area (Å²) in [6, 6.07) is 17.6. The number of benzene rings is 2. The van der Waals surface area contributed by atoms with Gasteiger partial charge in [-0.05, 0) is 80.9 Å². The van der Waals surface area contributed by atoms with Gasteiger partial charge in [-0.3, -0.25) is 20.2 Å². The van der Waals surface area contributed by atoms with E-state index >= 15 is 0 Å². The number of nitro benzene ring substituents is 1. The molecular weight excluding hydrogens is 440 g/mol. The summed E-state index contributed by atoms with van der Waals surface area (Å²) in [4.78, 5) is 25.7. The van der Waals surface area contributed by atoms with Crippen molar-refractivity contribution in [3.8, 4) is 11.3 Å². The second kappa shape index (κ2) is 9.83. The van der Waals surface area contributed by atoms with E-state index in [0.29, 0.717) is 11.6 Å². The summed E-state index contributed by atoms with van der Waals surface area (Å²) in [5.74, 6) is -0.313. The van der Waals surface area contributed by atoms with Crippen molar-refractivity contribution in [1.29, 1.82) is 0 Å². The number of carbonyl (C=O) groups is 1. The topological polar surface area (TPSA) is 101 Å². The van der Waals surface area contributed by atoms with Crippen LogP contribution in [-0.2, 0) is 0 Å². The van der Waals surface area contributed by atoms with Crippen LogP contribution in [0.2, 0.25) is 0 Å². The molecule has 1 aliphatic heterocycles. The Hall–Kier alpha value is -3.72. The maximum absolute atomic E-state index is 12.5. The second-order valence-electron chi connectivity index (χ2n) is 7.93. The highest BCUT2D eigenvalue weighted by Gasteiger charge is 2.20. The van der Waals surface area contributed by atoms with Gasteiger partial charge >= 0.3 is 0 Å². The van der Waals surface area contributed by atoms with Crippen LogP contribution >= 0.6 is 12.2 Å². The number of nitro groups is 1. The van der Waals surface area contributed by atoms with Gasteiger partial charge in [-0.1, -0.05) is 12.1 Å². The van der Waals surface area contributed by atoms with E-state index in [9.17, 15) is 14.9 Å². The van der Waals surface area contributed by atoms with Crippen LogP contribution < -0.4 is 15.5 Å². The predicted molar refractivity (Wildman–Crippen MR) is 132 cm³/mol. The lowest BCUT2D eigenvalue weighted by Gasteiger charge is -2.35. The van der Waals surface area contributed by atoms with E-state index in [1.807, 2.05) is 24.3 Å². The van der Waals surface area contributed by atoms with Crippen molar-refractivity contribution in [3.05, 3.63) is 76.5 Å². The quantitative estimate of drug-likeness (QED) is 0.298. The van der Waals surface area contributed by atoms with Crippen molar-refractivity contribution in [2.24, 2.45) is 0 Å². The number of amides is 1. The monoisotopic (exact) mass is 464 g/mol. The van der Waals surface area contributed by atoms with Crippen LogP contribution in [0.15, 0.2) is 65.1 Å². The van der Waals surface area contributed by atoms with Gasteiger partial charge in [0.25, 0.3) is 11.6 Å². The fraction of sp³-hybridized carbons (Fsp3) is 0.250. The van der Waals surface area contributed by atoms with Gasteiger partial charge in [0.05, 0.1) is 10.5 Å². The summed E-state index contributed by atoms with van der Waals surface area (Å²) >= 11 is 5.26. The van der Waals surface area contributed by atoms with Gasteiger partial charge in [-0.25, -0.2) is 0 Å². The average molecular weight is 465 g/mol. The lowest BCUT2D eigenvalue weighted by Crippen LogP contribution is -2.37. The zero-order chi connectivity index (χ0) is 23.4. The zero-order valence-corrected chi connectivity index (χ0v) is 18.9. The van der Waals surface area contributed by atoms with Crippen LogP contribution in [0.25, 0.3) is 11.3 Å². The highest BCUT2D eigenvalue weighted by atomic mass is 32.1. The Morgan fingerprint density at radius 1 is 1.12 bits per heavy atom. The Morgan fingerprint density at radius 2 is 1.88 bits per heavy atom. The lowest BCUT2D eigenvalue weighted by molar-refractivity contribution is -0.384. The molecule has 2 aromatic carbocycles. The van der Waals surface area contributed by atoms with Gasteiger partial charge < -0.3 is 14.6 Å². The highest BCUT2D eigenvalue weighted by Crippen LogP contribution is 2.31. The van der Waals surface area contributed by atoms with Gasteiger partial charge in [0.15, 0.2) is 10.9 Å². The van der Waals surface area contributed by atoms with E-state index in [1.54, 1.807) is 18.2 Å². The van der Waals surface area contributed by atoms with E-state index in [2.05, 4.69) is 22.5 Å². The molecule has 0 radical (unpaired) electrons. The third-order valence-corrected chi connectivity index (χ3v) is 5.89. The van der Waals surface area contributed by atoms with Crippen LogP contribution in [0.5, 0.6) is 0 Å². The predicted octanol–water partition coefficient (Wildman–Crippen LogP) is 5.36. The number of rotatable bonds is 5. The summed E-state index contributed by atoms with van der Waals surface area (Å²) in [5.41, 5.74) is 2.12. The molecule has 1 saturated heterocycles. The first kappa shape index (κ1) is 22.5. The minimum absolute atomic E-state index is 0.00161. The molecule has 33 heavy (non-hydrogen) atoms. The zero-order valence-electron chi connectivity index (χ0n) is 18.1. The lowest BCUT2D eigenvalue weighted by atomic mass is 10.0. The molecule has 2 N–H and O–H groups in total. The van der Waals surface area contributed by atoms with Gasteiger partial charge in [0.1, 0.15) is 5.76 Å². The molecule has 9 heteroatoms. The number of carbonyl (C=O) groups excluding carboxylic acids is 1. The third-order valence-electron chi connectivity index (χ3n) is 5.68. The summed E-state index contributed by atoms with van der Waals surface area (Å²) in [5, 5.41) is 16.9. The SMILES string of the molecule is CC1CCCCN1c1ccc(NC(=S)NC(=O)c2ccc(-c3ccccc3[N+](=O)[O-])o2)cc1. The molecule has 2 heterocycles. The smallest absolute Gasteiger partial charge is 0.293 e. The van der Waals surface area contributed by atoms with E-state index in [-0.39, 0.29) is 22.3 Å². The summed E-state index contributed by atoms with van der Waals surface area (Å²) < 4.78 is 5.56. The first-order chi connectivity index (χ1) is 15.9. The molecule has 1 atom stereocenters. The Bertz CT molecular complexity index is 1180. The standard InChI is InChI=1S/C24H24N4O4S/c1-16-6-4-5-15-27(16)18-11-9-17(10-12-18)25-24(33)26-23(29)22-14-13-21(32-22)19-7-2-3-8-20(19)28(30)31/h2-3,7-14,16H,4-6,15H2,1H3,(H2,25,26,29,33). The van der Waals surface area contributed by atoms with Crippen LogP contribution in [0.1, 0.15) is 36.7 Å². The highest BCUT2D eigenvalue weighted by molar-refractivity contribution is 7.80. The number of thiocarbonyl (C=S) groups is 1. The summed E-state index contributed by atoms with van der Waals surface area (Å²) in [6.45, 7) is 3.30. The van der Waals surface area contributed by atoms with Crippen molar-refractivity contribution < 1.29 is 14.1 Å². The number of nitrogens with zero attached hydrogens (tertiary/aromatic N) is 2. The maximum atomic E-state index is 12.5. The average Bonchev–Trinajstić information content (AvgIpc) is 3.30. The molecule has 1 amide bonds. The molecule has 0 saturated carbocycles.